The van der Waals surface area contributed by atoms with Crippen molar-refractivity contribution in [2.45, 2.75) is 25.7 Å². The van der Waals surface area contributed by atoms with Crippen molar-refractivity contribution in [2.75, 3.05) is 14.2 Å². The summed E-state index contributed by atoms with van der Waals surface area (Å²) in [5.41, 5.74) is 0.841. The van der Waals surface area contributed by atoms with Crippen LogP contribution in [0.15, 0.2) is 60.7 Å². The molecule has 4 nitrogen and oxygen atoms in total. The Bertz CT molecular complexity index is 618. The molecule has 0 radical (unpaired) electrons. The molecule has 0 aromatic heterocycles. The van der Waals surface area contributed by atoms with Crippen molar-refractivity contribution in [1.82, 2.24) is 0 Å². The topological polar surface area (TPSA) is 52.6 Å². The fourth-order valence-corrected chi connectivity index (χ4v) is 3.01. The third kappa shape index (κ3) is 4.69. The fraction of sp³-hybridized carbons (Fsp3) is 0.333. The van der Waals surface area contributed by atoms with Crippen LogP contribution in [-0.4, -0.2) is 26.2 Å². The van der Waals surface area contributed by atoms with Gasteiger partial charge in [-0.1, -0.05) is 60.7 Å². The standard InChI is InChI=1S/C21H24O4/c1-24-19(22)21(20(23)25-2,15-13-17-9-5-3-6-10-17)16-14-18-11-7-4-8-12-18/h3-12H,13-16H2,1-2H3. The number of esters is 2. The van der Waals surface area contributed by atoms with Crippen LogP contribution < -0.4 is 0 Å². The Morgan fingerprint density at radius 1 is 0.720 bits per heavy atom. The first-order valence-electron chi connectivity index (χ1n) is 8.37. The van der Waals surface area contributed by atoms with E-state index in [1.165, 1.54) is 14.2 Å². The number of aryl methyl sites for hydroxylation is 2. The minimum absolute atomic E-state index is 0.350. The lowest BCUT2D eigenvalue weighted by Crippen LogP contribution is -2.42. The number of carbonyl (C=O) groups is 2. The summed E-state index contributed by atoms with van der Waals surface area (Å²) in [6.07, 6.45) is 1.89. The lowest BCUT2D eigenvalue weighted by atomic mass is 9.77. The van der Waals surface area contributed by atoms with E-state index in [4.69, 9.17) is 9.47 Å². The molecule has 0 aliphatic rings. The highest BCUT2D eigenvalue weighted by atomic mass is 16.5. The Labute approximate surface area is 148 Å². The van der Waals surface area contributed by atoms with E-state index in [0.29, 0.717) is 25.7 Å². The first-order chi connectivity index (χ1) is 12.1. The molecule has 2 rings (SSSR count). The van der Waals surface area contributed by atoms with Crippen LogP contribution in [0.5, 0.6) is 0 Å². The van der Waals surface area contributed by atoms with E-state index in [1.54, 1.807) is 0 Å². The van der Waals surface area contributed by atoms with Crippen LogP contribution in [0.4, 0.5) is 0 Å². The maximum Gasteiger partial charge on any atom is 0.323 e. The van der Waals surface area contributed by atoms with Crippen molar-refractivity contribution in [3.63, 3.8) is 0 Å². The summed E-state index contributed by atoms with van der Waals surface area (Å²) in [7, 11) is 2.62. The third-order valence-electron chi connectivity index (χ3n) is 4.52. The predicted molar refractivity (Wildman–Crippen MR) is 96.0 cm³/mol. The molecular formula is C21H24O4. The summed E-state index contributed by atoms with van der Waals surface area (Å²) in [5.74, 6) is -1.07. The Balaban J connectivity index is 2.24. The maximum atomic E-state index is 12.6. The zero-order valence-electron chi connectivity index (χ0n) is 14.7. The van der Waals surface area contributed by atoms with Gasteiger partial charge in [0.05, 0.1) is 14.2 Å². The molecule has 0 atom stereocenters. The molecule has 0 amide bonds. The van der Waals surface area contributed by atoms with E-state index < -0.39 is 17.4 Å². The van der Waals surface area contributed by atoms with Crippen molar-refractivity contribution in [3.05, 3.63) is 71.8 Å². The largest absolute Gasteiger partial charge is 0.468 e. The SMILES string of the molecule is COC(=O)C(CCc1ccccc1)(CCc1ccccc1)C(=O)OC. The van der Waals surface area contributed by atoms with E-state index in [1.807, 2.05) is 60.7 Å². The van der Waals surface area contributed by atoms with Crippen molar-refractivity contribution in [2.24, 2.45) is 5.41 Å². The highest BCUT2D eigenvalue weighted by Crippen LogP contribution is 2.33. The van der Waals surface area contributed by atoms with Gasteiger partial charge in [0.25, 0.3) is 0 Å². The second kappa shape index (κ2) is 9.02. The summed E-state index contributed by atoms with van der Waals surface area (Å²) in [6, 6.07) is 19.6. The van der Waals surface area contributed by atoms with Crippen molar-refractivity contribution in [1.29, 1.82) is 0 Å². The summed E-state index contributed by atoms with van der Waals surface area (Å²) in [6.45, 7) is 0. The Morgan fingerprint density at radius 2 is 1.08 bits per heavy atom. The summed E-state index contributed by atoms with van der Waals surface area (Å²) >= 11 is 0. The van der Waals surface area contributed by atoms with E-state index in [9.17, 15) is 9.59 Å². The van der Waals surface area contributed by atoms with Gasteiger partial charge in [0.15, 0.2) is 5.41 Å². The number of hydrogen-bond donors (Lipinski definition) is 0. The summed E-state index contributed by atoms with van der Waals surface area (Å²) < 4.78 is 9.95. The van der Waals surface area contributed by atoms with Crippen molar-refractivity contribution >= 4 is 11.9 Å². The smallest absolute Gasteiger partial charge is 0.323 e. The first-order valence-corrected chi connectivity index (χ1v) is 8.37. The lowest BCUT2D eigenvalue weighted by Gasteiger charge is -2.28. The first kappa shape index (κ1) is 18.7. The zero-order chi connectivity index (χ0) is 18.1. The van der Waals surface area contributed by atoms with Gasteiger partial charge in [0, 0.05) is 0 Å². The van der Waals surface area contributed by atoms with E-state index in [-0.39, 0.29) is 0 Å². The second-order valence-electron chi connectivity index (χ2n) is 6.04. The van der Waals surface area contributed by atoms with Crippen LogP contribution in [0.2, 0.25) is 0 Å². The minimum atomic E-state index is -1.30. The molecule has 2 aromatic carbocycles. The highest BCUT2D eigenvalue weighted by Gasteiger charge is 2.47. The average Bonchev–Trinajstić information content (AvgIpc) is 2.68. The van der Waals surface area contributed by atoms with Crippen LogP contribution in [-0.2, 0) is 31.9 Å². The Kier molecular flexibility index (Phi) is 6.75. The zero-order valence-corrected chi connectivity index (χ0v) is 14.7. The van der Waals surface area contributed by atoms with E-state index in [2.05, 4.69) is 0 Å². The summed E-state index contributed by atoms with van der Waals surface area (Å²) in [5, 5.41) is 0. The lowest BCUT2D eigenvalue weighted by molar-refractivity contribution is -0.170. The molecule has 0 fully saturated rings. The predicted octanol–water partition coefficient (Wildman–Crippen LogP) is 3.58. The normalized spacial score (nSPS) is 11.0. The van der Waals surface area contributed by atoms with Crippen LogP contribution in [0.25, 0.3) is 0 Å². The monoisotopic (exact) mass is 340 g/mol. The van der Waals surface area contributed by atoms with Gasteiger partial charge >= 0.3 is 11.9 Å². The fourth-order valence-electron chi connectivity index (χ4n) is 3.01. The van der Waals surface area contributed by atoms with Crippen LogP contribution in [0.3, 0.4) is 0 Å². The number of benzene rings is 2. The number of methoxy groups -OCH3 is 2. The molecule has 0 bridgehead atoms. The van der Waals surface area contributed by atoms with Gasteiger partial charge in [0.2, 0.25) is 0 Å². The number of hydrogen-bond acceptors (Lipinski definition) is 4. The molecule has 4 heteroatoms. The molecule has 2 aromatic rings. The van der Waals surface area contributed by atoms with Gasteiger partial charge in [-0.2, -0.15) is 0 Å². The maximum absolute atomic E-state index is 12.6. The van der Waals surface area contributed by atoms with Crippen LogP contribution in [0, 0.1) is 5.41 Å². The molecule has 0 N–H and O–H groups in total. The molecule has 0 heterocycles. The minimum Gasteiger partial charge on any atom is -0.468 e. The van der Waals surface area contributed by atoms with E-state index in [0.717, 1.165) is 11.1 Å². The van der Waals surface area contributed by atoms with Crippen LogP contribution in [0.1, 0.15) is 24.0 Å². The Morgan fingerprint density at radius 3 is 1.40 bits per heavy atom. The van der Waals surface area contributed by atoms with Gasteiger partial charge in [-0.05, 0) is 36.8 Å². The highest BCUT2D eigenvalue weighted by molar-refractivity contribution is 6.00. The molecule has 0 unspecified atom stereocenters. The summed E-state index contributed by atoms with van der Waals surface area (Å²) in [4.78, 5) is 25.1. The number of rotatable bonds is 8. The molecule has 0 aliphatic heterocycles. The van der Waals surface area contributed by atoms with Crippen molar-refractivity contribution in [3.8, 4) is 0 Å². The van der Waals surface area contributed by atoms with Gasteiger partial charge in [-0.3, -0.25) is 9.59 Å². The molecular weight excluding hydrogens is 316 g/mol. The third-order valence-corrected chi connectivity index (χ3v) is 4.52. The Hall–Kier alpha value is -2.62. The molecule has 0 spiro atoms. The molecule has 132 valence electrons. The van der Waals surface area contributed by atoms with Gasteiger partial charge in [-0.15, -0.1) is 0 Å². The molecule has 0 saturated carbocycles. The van der Waals surface area contributed by atoms with Crippen LogP contribution >= 0.6 is 0 Å². The average molecular weight is 340 g/mol. The number of carbonyl (C=O) groups excluding carboxylic acids is 2. The number of ether oxygens (including phenoxy) is 2. The molecule has 0 saturated heterocycles. The quantitative estimate of drug-likeness (QED) is 0.544. The van der Waals surface area contributed by atoms with Gasteiger partial charge in [0.1, 0.15) is 0 Å². The van der Waals surface area contributed by atoms with Crippen molar-refractivity contribution < 1.29 is 19.1 Å². The van der Waals surface area contributed by atoms with E-state index >= 15 is 0 Å². The van der Waals surface area contributed by atoms with Gasteiger partial charge in [-0.25, -0.2) is 0 Å². The van der Waals surface area contributed by atoms with Gasteiger partial charge < -0.3 is 9.47 Å². The second-order valence-corrected chi connectivity index (χ2v) is 6.04. The molecule has 0 aliphatic carbocycles. The molecule has 25 heavy (non-hydrogen) atoms.